The highest BCUT2D eigenvalue weighted by Crippen LogP contribution is 2.27. The Hall–Kier alpha value is -1.61. The summed E-state index contributed by atoms with van der Waals surface area (Å²) in [5.41, 5.74) is 2.50. The molecule has 0 radical (unpaired) electrons. The van der Waals surface area contributed by atoms with Crippen LogP contribution in [0.2, 0.25) is 0 Å². The van der Waals surface area contributed by atoms with Gasteiger partial charge >= 0.3 is 0 Å². The third-order valence-corrected chi connectivity index (χ3v) is 4.04. The van der Waals surface area contributed by atoms with Gasteiger partial charge in [0.25, 0.3) is 0 Å². The highest BCUT2D eigenvalue weighted by molar-refractivity contribution is 7.99. The number of aromatic nitrogens is 1. The highest BCUT2D eigenvalue weighted by atomic mass is 32.2. The molecular formula is C16H20N2S. The lowest BCUT2D eigenvalue weighted by atomic mass is 10.3. The largest absolute Gasteiger partial charge is 0.379 e. The lowest BCUT2D eigenvalue weighted by Crippen LogP contribution is -2.06. The number of nitrogens with one attached hydrogen (secondary N) is 1. The van der Waals surface area contributed by atoms with Gasteiger partial charge in [-0.05, 0) is 31.2 Å². The van der Waals surface area contributed by atoms with Crippen molar-refractivity contribution < 1.29 is 0 Å². The van der Waals surface area contributed by atoms with Crippen LogP contribution in [0.1, 0.15) is 12.6 Å². The molecule has 0 bridgehead atoms. The molecule has 0 aliphatic heterocycles. The van der Waals surface area contributed by atoms with Crippen LogP contribution in [0.15, 0.2) is 60.1 Å². The Bertz CT molecular complexity index is 531. The standard InChI is InChI=1S/C16H20N2S/c1-3-12-19-16-10-6-5-9-15(16)17-13-14-8-7-11-18(14)4-2/h3,5-11,17H,1,4,12-13H2,2H3. The van der Waals surface area contributed by atoms with Gasteiger partial charge < -0.3 is 9.88 Å². The van der Waals surface area contributed by atoms with Crippen LogP contribution in [-0.2, 0) is 13.1 Å². The van der Waals surface area contributed by atoms with E-state index in [1.807, 2.05) is 6.08 Å². The second-order valence-corrected chi connectivity index (χ2v) is 5.30. The van der Waals surface area contributed by atoms with Gasteiger partial charge in [-0.3, -0.25) is 0 Å². The summed E-state index contributed by atoms with van der Waals surface area (Å²) in [6, 6.07) is 12.7. The van der Waals surface area contributed by atoms with Gasteiger partial charge in [-0.15, -0.1) is 18.3 Å². The molecule has 2 rings (SSSR count). The molecule has 19 heavy (non-hydrogen) atoms. The molecule has 0 atom stereocenters. The summed E-state index contributed by atoms with van der Waals surface area (Å²) in [7, 11) is 0. The second-order valence-electron chi connectivity index (χ2n) is 4.23. The smallest absolute Gasteiger partial charge is 0.0553 e. The fourth-order valence-electron chi connectivity index (χ4n) is 1.99. The van der Waals surface area contributed by atoms with Gasteiger partial charge in [-0.1, -0.05) is 18.2 Å². The van der Waals surface area contributed by atoms with Gasteiger partial charge in [0.2, 0.25) is 0 Å². The first-order chi connectivity index (χ1) is 9.35. The van der Waals surface area contributed by atoms with E-state index in [9.17, 15) is 0 Å². The molecule has 1 heterocycles. The molecule has 0 aliphatic rings. The predicted molar refractivity (Wildman–Crippen MR) is 84.8 cm³/mol. The fraction of sp³-hybridized carbons (Fsp3) is 0.250. The lowest BCUT2D eigenvalue weighted by molar-refractivity contribution is 0.723. The normalized spacial score (nSPS) is 10.4. The molecule has 0 saturated heterocycles. The van der Waals surface area contributed by atoms with E-state index < -0.39 is 0 Å². The van der Waals surface area contributed by atoms with Crippen LogP contribution >= 0.6 is 11.8 Å². The molecule has 0 saturated carbocycles. The van der Waals surface area contributed by atoms with E-state index in [1.165, 1.54) is 16.3 Å². The Labute approximate surface area is 119 Å². The van der Waals surface area contributed by atoms with Crippen molar-refractivity contribution >= 4 is 17.4 Å². The van der Waals surface area contributed by atoms with Crippen molar-refractivity contribution in [1.82, 2.24) is 4.57 Å². The van der Waals surface area contributed by atoms with Crippen molar-refractivity contribution in [3.8, 4) is 0 Å². The molecule has 0 spiro atoms. The first-order valence-corrected chi connectivity index (χ1v) is 7.54. The van der Waals surface area contributed by atoms with E-state index in [2.05, 4.69) is 66.0 Å². The molecular weight excluding hydrogens is 252 g/mol. The lowest BCUT2D eigenvalue weighted by Gasteiger charge is -2.12. The third-order valence-electron chi connectivity index (χ3n) is 2.97. The Morgan fingerprint density at radius 1 is 1.26 bits per heavy atom. The maximum absolute atomic E-state index is 3.77. The minimum atomic E-state index is 0.854. The first-order valence-electron chi connectivity index (χ1n) is 6.55. The summed E-state index contributed by atoms with van der Waals surface area (Å²) in [6.07, 6.45) is 4.05. The molecule has 2 aromatic rings. The van der Waals surface area contributed by atoms with Crippen molar-refractivity contribution in [3.05, 3.63) is 60.9 Å². The van der Waals surface area contributed by atoms with E-state index in [1.54, 1.807) is 11.8 Å². The minimum absolute atomic E-state index is 0.854. The van der Waals surface area contributed by atoms with Gasteiger partial charge in [0.1, 0.15) is 0 Å². The Morgan fingerprint density at radius 2 is 2.11 bits per heavy atom. The summed E-state index contributed by atoms with van der Waals surface area (Å²) < 4.78 is 2.26. The Morgan fingerprint density at radius 3 is 2.89 bits per heavy atom. The fourth-order valence-corrected chi connectivity index (χ4v) is 2.76. The highest BCUT2D eigenvalue weighted by Gasteiger charge is 2.03. The van der Waals surface area contributed by atoms with Gasteiger partial charge in [-0.25, -0.2) is 0 Å². The molecule has 100 valence electrons. The van der Waals surface area contributed by atoms with Crippen LogP contribution < -0.4 is 5.32 Å². The molecule has 0 fully saturated rings. The van der Waals surface area contributed by atoms with E-state index in [0.717, 1.165) is 18.8 Å². The van der Waals surface area contributed by atoms with Crippen LogP contribution in [0.4, 0.5) is 5.69 Å². The Kier molecular flexibility index (Phi) is 5.16. The number of anilines is 1. The van der Waals surface area contributed by atoms with E-state index in [4.69, 9.17) is 0 Å². The van der Waals surface area contributed by atoms with E-state index in [-0.39, 0.29) is 0 Å². The van der Waals surface area contributed by atoms with Gasteiger partial charge in [0.05, 0.1) is 6.54 Å². The van der Waals surface area contributed by atoms with Gasteiger partial charge in [0.15, 0.2) is 0 Å². The minimum Gasteiger partial charge on any atom is -0.379 e. The maximum atomic E-state index is 3.77. The number of hydrogen-bond acceptors (Lipinski definition) is 2. The van der Waals surface area contributed by atoms with Crippen LogP contribution in [-0.4, -0.2) is 10.3 Å². The molecule has 0 amide bonds. The quantitative estimate of drug-likeness (QED) is 0.594. The number of rotatable bonds is 7. The first kappa shape index (κ1) is 13.8. The van der Waals surface area contributed by atoms with Crippen LogP contribution in [0.3, 0.4) is 0 Å². The second kappa shape index (κ2) is 7.10. The molecule has 0 aliphatic carbocycles. The van der Waals surface area contributed by atoms with E-state index >= 15 is 0 Å². The van der Waals surface area contributed by atoms with Crippen molar-refractivity contribution in [2.75, 3.05) is 11.1 Å². The number of hydrogen-bond donors (Lipinski definition) is 1. The molecule has 3 heteroatoms. The number of nitrogens with zero attached hydrogens (tertiary/aromatic N) is 1. The number of thioether (sulfide) groups is 1. The molecule has 0 unspecified atom stereocenters. The van der Waals surface area contributed by atoms with Crippen LogP contribution in [0.5, 0.6) is 0 Å². The summed E-state index contributed by atoms with van der Waals surface area (Å²) >= 11 is 1.81. The zero-order chi connectivity index (χ0) is 13.5. The number of para-hydroxylation sites is 1. The van der Waals surface area contributed by atoms with Gasteiger partial charge in [0, 0.05) is 34.8 Å². The summed E-state index contributed by atoms with van der Waals surface area (Å²) in [4.78, 5) is 1.28. The average Bonchev–Trinajstić information content (AvgIpc) is 2.91. The van der Waals surface area contributed by atoms with Crippen molar-refractivity contribution in [3.63, 3.8) is 0 Å². The van der Waals surface area contributed by atoms with Gasteiger partial charge in [-0.2, -0.15) is 0 Å². The third kappa shape index (κ3) is 3.67. The molecule has 1 N–H and O–H groups in total. The number of aryl methyl sites for hydroxylation is 1. The monoisotopic (exact) mass is 272 g/mol. The van der Waals surface area contributed by atoms with Crippen LogP contribution in [0, 0.1) is 0 Å². The predicted octanol–water partition coefficient (Wildman–Crippen LogP) is 4.40. The van der Waals surface area contributed by atoms with Crippen molar-refractivity contribution in [2.45, 2.75) is 24.9 Å². The maximum Gasteiger partial charge on any atom is 0.0553 e. The van der Waals surface area contributed by atoms with E-state index in [0.29, 0.717) is 0 Å². The summed E-state index contributed by atoms with van der Waals surface area (Å²) in [6.45, 7) is 7.80. The molecule has 1 aromatic carbocycles. The Balaban J connectivity index is 2.04. The van der Waals surface area contributed by atoms with Crippen LogP contribution in [0.25, 0.3) is 0 Å². The van der Waals surface area contributed by atoms with Crippen molar-refractivity contribution in [2.24, 2.45) is 0 Å². The SMILES string of the molecule is C=CCSc1ccccc1NCc1cccn1CC. The van der Waals surface area contributed by atoms with Crippen molar-refractivity contribution in [1.29, 1.82) is 0 Å². The zero-order valence-electron chi connectivity index (χ0n) is 11.3. The average molecular weight is 272 g/mol. The zero-order valence-corrected chi connectivity index (χ0v) is 12.1. The molecule has 2 nitrogen and oxygen atoms in total. The molecule has 1 aromatic heterocycles. The summed E-state index contributed by atoms with van der Waals surface area (Å²) in [5, 5.41) is 3.52. The topological polar surface area (TPSA) is 17.0 Å². The number of benzene rings is 1. The summed E-state index contributed by atoms with van der Waals surface area (Å²) in [5.74, 6) is 0.935.